The number of rotatable bonds is 4. The van der Waals surface area contributed by atoms with E-state index in [1.807, 2.05) is 23.4 Å². The highest BCUT2D eigenvalue weighted by Crippen LogP contribution is 2.20. The lowest BCUT2D eigenvalue weighted by molar-refractivity contribution is -0.136. The Balaban J connectivity index is 1.97. The van der Waals surface area contributed by atoms with E-state index in [9.17, 15) is 4.79 Å². The first-order valence-corrected chi connectivity index (χ1v) is 8.15. The third-order valence-electron chi connectivity index (χ3n) is 3.73. The Morgan fingerprint density at radius 2 is 2.25 bits per heavy atom. The van der Waals surface area contributed by atoms with Gasteiger partial charge in [-0.05, 0) is 19.8 Å². The average molecular weight is 296 g/mol. The lowest BCUT2D eigenvalue weighted by atomic mass is 9.95. The van der Waals surface area contributed by atoms with Crippen LogP contribution in [0.3, 0.4) is 0 Å². The Hall–Kier alpha value is -1.14. The highest BCUT2D eigenvalue weighted by Gasteiger charge is 2.32. The van der Waals surface area contributed by atoms with Crippen molar-refractivity contribution in [2.45, 2.75) is 38.6 Å². The van der Waals surface area contributed by atoms with Crippen molar-refractivity contribution in [1.82, 2.24) is 9.88 Å². The number of nitrogens with two attached hydrogens (primary N) is 1. The summed E-state index contributed by atoms with van der Waals surface area (Å²) in [4.78, 5) is 21.0. The third-order valence-corrected chi connectivity index (χ3v) is 4.56. The maximum Gasteiger partial charge on any atom is 0.242 e. The van der Waals surface area contributed by atoms with Gasteiger partial charge in [0, 0.05) is 37.8 Å². The molecule has 2 heterocycles. The number of aromatic nitrogens is 1. The second-order valence-corrected chi connectivity index (χ2v) is 6.49. The molecule has 0 bridgehead atoms. The Bertz CT molecular complexity index is 432. The third kappa shape index (κ3) is 3.49. The first kappa shape index (κ1) is 15.3. The van der Waals surface area contributed by atoms with Gasteiger partial charge in [0.15, 0.2) is 5.13 Å². The van der Waals surface area contributed by atoms with Crippen molar-refractivity contribution in [2.75, 3.05) is 31.1 Å². The van der Waals surface area contributed by atoms with Gasteiger partial charge >= 0.3 is 0 Å². The molecule has 1 unspecified atom stereocenters. The molecule has 5 nitrogen and oxygen atoms in total. The van der Waals surface area contributed by atoms with Crippen molar-refractivity contribution >= 4 is 22.4 Å². The van der Waals surface area contributed by atoms with Crippen molar-refractivity contribution in [3.05, 3.63) is 11.6 Å². The van der Waals surface area contributed by atoms with E-state index in [0.717, 1.165) is 50.6 Å². The molecule has 112 valence electrons. The van der Waals surface area contributed by atoms with Crippen LogP contribution in [0.5, 0.6) is 0 Å². The quantitative estimate of drug-likeness (QED) is 0.918. The Kier molecular flexibility index (Phi) is 4.99. The smallest absolute Gasteiger partial charge is 0.242 e. The summed E-state index contributed by atoms with van der Waals surface area (Å²) in [5.74, 6) is 0.0836. The molecule has 1 aromatic rings. The van der Waals surface area contributed by atoms with Crippen LogP contribution >= 0.6 is 11.3 Å². The molecule has 2 rings (SSSR count). The van der Waals surface area contributed by atoms with Gasteiger partial charge in [-0.15, -0.1) is 11.3 Å². The number of nitrogens with zero attached hydrogens (tertiary/aromatic N) is 3. The average Bonchev–Trinajstić information content (AvgIpc) is 2.83. The van der Waals surface area contributed by atoms with Gasteiger partial charge in [-0.3, -0.25) is 4.79 Å². The van der Waals surface area contributed by atoms with Gasteiger partial charge in [-0.1, -0.05) is 13.3 Å². The fourth-order valence-electron chi connectivity index (χ4n) is 2.67. The molecule has 1 aliphatic rings. The number of anilines is 1. The van der Waals surface area contributed by atoms with Crippen LogP contribution in [-0.4, -0.2) is 47.5 Å². The molecular formula is C14H24N4OS. The molecule has 1 atom stereocenters. The van der Waals surface area contributed by atoms with E-state index >= 15 is 0 Å². The van der Waals surface area contributed by atoms with Crippen LogP contribution in [0.15, 0.2) is 11.6 Å². The van der Waals surface area contributed by atoms with E-state index < -0.39 is 5.54 Å². The Morgan fingerprint density at radius 3 is 2.90 bits per heavy atom. The second kappa shape index (κ2) is 6.54. The first-order chi connectivity index (χ1) is 9.54. The SMILES string of the molecule is CCCC(C)(N)C(=O)N1CCCN(c2nccs2)CC1. The molecule has 1 aliphatic heterocycles. The summed E-state index contributed by atoms with van der Waals surface area (Å²) in [6, 6.07) is 0. The minimum atomic E-state index is -0.731. The molecule has 0 aliphatic carbocycles. The maximum absolute atomic E-state index is 12.5. The van der Waals surface area contributed by atoms with Gasteiger partial charge < -0.3 is 15.5 Å². The predicted octanol–water partition coefficient (Wildman–Crippen LogP) is 1.70. The highest BCUT2D eigenvalue weighted by molar-refractivity contribution is 7.13. The molecule has 1 saturated heterocycles. The van der Waals surface area contributed by atoms with Crippen LogP contribution in [-0.2, 0) is 4.79 Å². The number of carbonyl (C=O) groups is 1. The van der Waals surface area contributed by atoms with E-state index in [0.29, 0.717) is 0 Å². The van der Waals surface area contributed by atoms with Crippen LogP contribution in [0.2, 0.25) is 0 Å². The van der Waals surface area contributed by atoms with Crippen LogP contribution in [0, 0.1) is 0 Å². The van der Waals surface area contributed by atoms with E-state index in [2.05, 4.69) is 16.8 Å². The monoisotopic (exact) mass is 296 g/mol. The van der Waals surface area contributed by atoms with Gasteiger partial charge in [0.25, 0.3) is 0 Å². The molecule has 2 N–H and O–H groups in total. The van der Waals surface area contributed by atoms with Crippen molar-refractivity contribution in [3.63, 3.8) is 0 Å². The van der Waals surface area contributed by atoms with Crippen molar-refractivity contribution in [2.24, 2.45) is 5.73 Å². The predicted molar refractivity (Wildman–Crippen MR) is 83.0 cm³/mol. The largest absolute Gasteiger partial charge is 0.346 e. The minimum Gasteiger partial charge on any atom is -0.346 e. The van der Waals surface area contributed by atoms with E-state index in [1.165, 1.54) is 0 Å². The lowest BCUT2D eigenvalue weighted by Crippen LogP contribution is -2.54. The van der Waals surface area contributed by atoms with Crippen molar-refractivity contribution in [3.8, 4) is 0 Å². The maximum atomic E-state index is 12.5. The van der Waals surface area contributed by atoms with Gasteiger partial charge in [0.1, 0.15) is 0 Å². The highest BCUT2D eigenvalue weighted by atomic mass is 32.1. The van der Waals surface area contributed by atoms with Gasteiger partial charge in [0.2, 0.25) is 5.91 Å². The second-order valence-electron chi connectivity index (χ2n) is 5.61. The summed E-state index contributed by atoms with van der Waals surface area (Å²) < 4.78 is 0. The van der Waals surface area contributed by atoms with E-state index in [4.69, 9.17) is 5.73 Å². The summed E-state index contributed by atoms with van der Waals surface area (Å²) >= 11 is 1.65. The topological polar surface area (TPSA) is 62.5 Å². The molecule has 20 heavy (non-hydrogen) atoms. The molecule has 0 radical (unpaired) electrons. The zero-order valence-electron chi connectivity index (χ0n) is 12.3. The fraction of sp³-hybridized carbons (Fsp3) is 0.714. The molecule has 0 saturated carbocycles. The van der Waals surface area contributed by atoms with E-state index in [1.54, 1.807) is 11.3 Å². The first-order valence-electron chi connectivity index (χ1n) is 7.27. The van der Waals surface area contributed by atoms with E-state index in [-0.39, 0.29) is 5.91 Å². The summed E-state index contributed by atoms with van der Waals surface area (Å²) in [7, 11) is 0. The van der Waals surface area contributed by atoms with Crippen LogP contribution < -0.4 is 10.6 Å². The molecule has 1 amide bonds. The summed E-state index contributed by atoms with van der Waals surface area (Å²) in [6.07, 6.45) is 4.45. The Morgan fingerprint density at radius 1 is 1.45 bits per heavy atom. The summed E-state index contributed by atoms with van der Waals surface area (Å²) in [5.41, 5.74) is 5.44. The lowest BCUT2D eigenvalue weighted by Gasteiger charge is -2.31. The normalized spacial score (nSPS) is 19.6. The van der Waals surface area contributed by atoms with Crippen LogP contribution in [0.1, 0.15) is 33.1 Å². The fourth-order valence-corrected chi connectivity index (χ4v) is 3.37. The van der Waals surface area contributed by atoms with Crippen LogP contribution in [0.25, 0.3) is 0 Å². The number of hydrogen-bond donors (Lipinski definition) is 1. The summed E-state index contributed by atoms with van der Waals surface area (Å²) in [5, 5.41) is 3.03. The molecule has 0 spiro atoms. The minimum absolute atomic E-state index is 0.0836. The van der Waals surface area contributed by atoms with Crippen LogP contribution in [0.4, 0.5) is 5.13 Å². The molecule has 6 heteroatoms. The number of thiazole rings is 1. The summed E-state index contributed by atoms with van der Waals surface area (Å²) in [6.45, 7) is 7.22. The molecule has 0 aromatic carbocycles. The Labute approximate surface area is 124 Å². The number of carbonyl (C=O) groups excluding carboxylic acids is 1. The number of amides is 1. The van der Waals surface area contributed by atoms with Gasteiger partial charge in [-0.2, -0.15) is 0 Å². The number of hydrogen-bond acceptors (Lipinski definition) is 5. The zero-order chi connectivity index (χ0) is 14.6. The molecule has 1 fully saturated rings. The molecular weight excluding hydrogens is 272 g/mol. The van der Waals surface area contributed by atoms with Gasteiger partial charge in [0.05, 0.1) is 5.54 Å². The van der Waals surface area contributed by atoms with Crippen molar-refractivity contribution in [1.29, 1.82) is 0 Å². The molecule has 1 aromatic heterocycles. The standard InChI is InChI=1S/C14H24N4OS/c1-3-5-14(2,15)12(19)17-7-4-8-18(10-9-17)13-16-6-11-20-13/h6,11H,3-5,7-10,15H2,1-2H3. The van der Waals surface area contributed by atoms with Gasteiger partial charge in [-0.25, -0.2) is 4.98 Å². The zero-order valence-corrected chi connectivity index (χ0v) is 13.2. The van der Waals surface area contributed by atoms with Crippen molar-refractivity contribution < 1.29 is 4.79 Å².